The van der Waals surface area contributed by atoms with E-state index in [4.69, 9.17) is 0 Å². The molecule has 102 valence electrons. The number of hydrogen-bond donors (Lipinski definition) is 0. The van der Waals surface area contributed by atoms with Gasteiger partial charge in [0.25, 0.3) is 0 Å². The molecule has 0 aliphatic heterocycles. The van der Waals surface area contributed by atoms with Crippen molar-refractivity contribution >= 4 is 17.7 Å². The van der Waals surface area contributed by atoms with Gasteiger partial charge in [-0.3, -0.25) is 9.48 Å². The van der Waals surface area contributed by atoms with Crippen LogP contribution in [0.25, 0.3) is 0 Å². The predicted octanol–water partition coefficient (Wildman–Crippen LogP) is 2.40. The number of amides is 1. The second kappa shape index (κ2) is 6.27. The Morgan fingerprint density at radius 1 is 1.44 bits per heavy atom. The van der Waals surface area contributed by atoms with E-state index in [0.29, 0.717) is 18.3 Å². The van der Waals surface area contributed by atoms with Gasteiger partial charge >= 0.3 is 0 Å². The summed E-state index contributed by atoms with van der Waals surface area (Å²) in [7, 11) is 1.85. The first-order valence-electron chi connectivity index (χ1n) is 6.16. The maximum Gasteiger partial charge on any atom is 0.232 e. The molecular weight excluding hydrogens is 246 g/mol. The Bertz CT molecular complexity index is 426. The topological polar surface area (TPSA) is 38.1 Å². The molecule has 0 aliphatic rings. The van der Waals surface area contributed by atoms with E-state index in [0.717, 1.165) is 11.4 Å². The Kier molecular flexibility index (Phi) is 5.26. The maximum absolute atomic E-state index is 11.8. The number of aryl methyl sites for hydroxylation is 1. The molecule has 0 aromatic carbocycles. The minimum absolute atomic E-state index is 0.165. The summed E-state index contributed by atoms with van der Waals surface area (Å²) < 4.78 is 2.03. The molecule has 0 atom stereocenters. The van der Waals surface area contributed by atoms with E-state index in [2.05, 4.69) is 25.9 Å². The summed E-state index contributed by atoms with van der Waals surface area (Å²) in [6, 6.07) is 0.352. The van der Waals surface area contributed by atoms with E-state index in [-0.39, 0.29) is 5.91 Å². The zero-order chi connectivity index (χ0) is 13.9. The summed E-state index contributed by atoms with van der Waals surface area (Å²) in [4.78, 5) is 13.6. The summed E-state index contributed by atoms with van der Waals surface area (Å²) >= 11 is 1.56. The molecule has 0 radical (unpaired) electrons. The zero-order valence-corrected chi connectivity index (χ0v) is 13.0. The first-order valence-corrected chi connectivity index (χ1v) is 7.55. The molecule has 18 heavy (non-hydrogen) atoms. The van der Waals surface area contributed by atoms with E-state index < -0.39 is 0 Å². The van der Waals surface area contributed by atoms with Crippen LogP contribution < -0.4 is 0 Å². The van der Waals surface area contributed by atoms with Gasteiger partial charge in [0.2, 0.25) is 5.91 Å². The van der Waals surface area contributed by atoms with Crippen molar-refractivity contribution < 1.29 is 4.79 Å². The third-order valence-corrected chi connectivity index (χ3v) is 3.59. The summed E-state index contributed by atoms with van der Waals surface area (Å²) in [5.41, 5.74) is 3.34. The fourth-order valence-electron chi connectivity index (χ4n) is 1.99. The fourth-order valence-corrected chi connectivity index (χ4v) is 2.45. The van der Waals surface area contributed by atoms with Gasteiger partial charge in [-0.05, 0) is 34.0 Å². The average molecular weight is 269 g/mol. The van der Waals surface area contributed by atoms with Crippen molar-refractivity contribution in [1.29, 1.82) is 0 Å². The first-order chi connectivity index (χ1) is 8.38. The van der Waals surface area contributed by atoms with Crippen LogP contribution in [0.1, 0.15) is 36.8 Å². The Morgan fingerprint density at radius 2 is 2.06 bits per heavy atom. The van der Waals surface area contributed by atoms with Crippen molar-refractivity contribution in [3.05, 3.63) is 17.0 Å². The molecule has 4 nitrogen and oxygen atoms in total. The summed E-state index contributed by atoms with van der Waals surface area (Å²) in [5.74, 6) is 0.700. The van der Waals surface area contributed by atoms with Crippen LogP contribution in [0.3, 0.4) is 0 Å². The largest absolute Gasteiger partial charge is 0.341 e. The van der Waals surface area contributed by atoms with Gasteiger partial charge in [-0.1, -0.05) is 0 Å². The van der Waals surface area contributed by atoms with Crippen molar-refractivity contribution in [2.75, 3.05) is 19.1 Å². The molecule has 1 aromatic heterocycles. The predicted molar refractivity (Wildman–Crippen MR) is 76.9 cm³/mol. The van der Waals surface area contributed by atoms with Crippen LogP contribution in [-0.4, -0.2) is 39.6 Å². The molecule has 1 amide bonds. The molecular formula is C13H23N3OS. The van der Waals surface area contributed by atoms with Crippen LogP contribution in [0.15, 0.2) is 0 Å². The van der Waals surface area contributed by atoms with Gasteiger partial charge in [0, 0.05) is 30.9 Å². The Morgan fingerprint density at radius 3 is 2.50 bits per heavy atom. The number of aromatic nitrogens is 2. The van der Waals surface area contributed by atoms with Gasteiger partial charge in [-0.15, -0.1) is 0 Å². The summed E-state index contributed by atoms with van der Waals surface area (Å²) in [6.07, 6.45) is 1.94. The number of carbonyl (C=O) groups is 1. The third-order valence-electron chi connectivity index (χ3n) is 3.05. The summed E-state index contributed by atoms with van der Waals surface area (Å²) in [6.45, 7) is 8.96. The van der Waals surface area contributed by atoms with Crippen LogP contribution in [0.2, 0.25) is 0 Å². The molecule has 0 saturated carbocycles. The number of carbonyl (C=O) groups excluding carboxylic acids is 1. The van der Waals surface area contributed by atoms with Crippen molar-refractivity contribution in [2.24, 2.45) is 0 Å². The molecule has 1 heterocycles. The van der Waals surface area contributed by atoms with Gasteiger partial charge in [0.05, 0.1) is 11.4 Å². The highest BCUT2D eigenvalue weighted by Gasteiger charge is 2.17. The quantitative estimate of drug-likeness (QED) is 0.824. The fraction of sp³-hybridized carbons (Fsp3) is 0.692. The van der Waals surface area contributed by atoms with Crippen LogP contribution in [0.5, 0.6) is 0 Å². The number of hydrogen-bond acceptors (Lipinski definition) is 3. The Balaban J connectivity index is 2.88. The number of rotatable bonds is 5. The lowest BCUT2D eigenvalue weighted by Crippen LogP contribution is -2.28. The highest BCUT2D eigenvalue weighted by atomic mass is 32.2. The van der Waals surface area contributed by atoms with Crippen LogP contribution in [0, 0.1) is 13.8 Å². The lowest BCUT2D eigenvalue weighted by atomic mass is 10.2. The van der Waals surface area contributed by atoms with Crippen LogP contribution >= 0.6 is 11.8 Å². The van der Waals surface area contributed by atoms with E-state index in [1.165, 1.54) is 5.56 Å². The van der Waals surface area contributed by atoms with Crippen LogP contribution in [0.4, 0.5) is 0 Å². The Labute approximate surface area is 114 Å². The number of nitrogens with zero attached hydrogens (tertiary/aromatic N) is 3. The van der Waals surface area contributed by atoms with Gasteiger partial charge in [0.1, 0.15) is 0 Å². The average Bonchev–Trinajstić information content (AvgIpc) is 2.57. The molecule has 0 spiro atoms. The van der Waals surface area contributed by atoms with E-state index in [1.54, 1.807) is 16.7 Å². The molecule has 0 unspecified atom stereocenters. The van der Waals surface area contributed by atoms with Crippen molar-refractivity contribution in [2.45, 2.75) is 40.3 Å². The minimum atomic E-state index is 0.165. The highest BCUT2D eigenvalue weighted by Crippen LogP contribution is 2.18. The lowest BCUT2D eigenvalue weighted by Gasteiger charge is -2.17. The lowest BCUT2D eigenvalue weighted by molar-refractivity contribution is -0.127. The molecule has 1 rings (SSSR count). The molecule has 0 fully saturated rings. The third kappa shape index (κ3) is 3.28. The molecule has 1 aromatic rings. The van der Waals surface area contributed by atoms with Crippen molar-refractivity contribution in [1.82, 2.24) is 14.7 Å². The first kappa shape index (κ1) is 15.1. The second-order valence-corrected chi connectivity index (χ2v) is 5.74. The van der Waals surface area contributed by atoms with Gasteiger partial charge < -0.3 is 4.90 Å². The van der Waals surface area contributed by atoms with E-state index in [1.807, 2.05) is 24.9 Å². The second-order valence-electron chi connectivity index (χ2n) is 4.87. The zero-order valence-electron chi connectivity index (χ0n) is 12.1. The minimum Gasteiger partial charge on any atom is -0.341 e. The molecule has 0 saturated heterocycles. The number of thioether (sulfide) groups is 1. The van der Waals surface area contributed by atoms with Gasteiger partial charge in [0.15, 0.2) is 0 Å². The highest BCUT2D eigenvalue weighted by molar-refractivity contribution is 7.99. The molecule has 0 aliphatic carbocycles. The molecule has 0 bridgehead atoms. The maximum atomic E-state index is 11.8. The normalized spacial score (nSPS) is 11.1. The SMILES string of the molecule is CSCC(=O)N(C)Cc1c(C)nn(C(C)C)c1C. The van der Waals surface area contributed by atoms with Gasteiger partial charge in [-0.2, -0.15) is 16.9 Å². The smallest absolute Gasteiger partial charge is 0.232 e. The summed E-state index contributed by atoms with van der Waals surface area (Å²) in [5, 5.41) is 4.54. The van der Waals surface area contributed by atoms with Crippen molar-refractivity contribution in [3.63, 3.8) is 0 Å². The Hall–Kier alpha value is -0.970. The van der Waals surface area contributed by atoms with E-state index >= 15 is 0 Å². The van der Waals surface area contributed by atoms with Gasteiger partial charge in [-0.25, -0.2) is 0 Å². The molecule has 5 heteroatoms. The van der Waals surface area contributed by atoms with Crippen molar-refractivity contribution in [3.8, 4) is 0 Å². The monoisotopic (exact) mass is 269 g/mol. The van der Waals surface area contributed by atoms with E-state index in [9.17, 15) is 4.79 Å². The van der Waals surface area contributed by atoms with Crippen LogP contribution in [-0.2, 0) is 11.3 Å². The molecule has 0 N–H and O–H groups in total. The standard InChI is InChI=1S/C13H23N3OS/c1-9(2)16-11(4)12(10(3)14-16)7-15(5)13(17)8-18-6/h9H,7-8H2,1-6H3.